The Hall–Kier alpha value is -1.95. The lowest BCUT2D eigenvalue weighted by Gasteiger charge is -2.11. The van der Waals surface area contributed by atoms with Gasteiger partial charge in [-0.15, -0.1) is 23.2 Å². The summed E-state index contributed by atoms with van der Waals surface area (Å²) in [5, 5.41) is 6.71. The van der Waals surface area contributed by atoms with Gasteiger partial charge in [0.1, 0.15) is 4.33 Å². The molecule has 3 aromatic rings. The number of nitrogens with one attached hydrogen (secondary N) is 2. The number of carbonyl (C=O) groups excluding carboxylic acids is 2. The van der Waals surface area contributed by atoms with Crippen LogP contribution >= 0.6 is 58.0 Å². The van der Waals surface area contributed by atoms with E-state index >= 15 is 0 Å². The van der Waals surface area contributed by atoms with Gasteiger partial charge in [0, 0.05) is 27.3 Å². The van der Waals surface area contributed by atoms with Crippen molar-refractivity contribution < 1.29 is 9.59 Å². The average Bonchev–Trinajstić information content (AvgIpc) is 3.32. The second kappa shape index (κ2) is 9.36. The summed E-state index contributed by atoms with van der Waals surface area (Å²) in [4.78, 5) is 25.8. The smallest absolute Gasteiger partial charge is 0.257 e. The SMILES string of the molecule is Cc1ccccc1NC(=O)c1cc(NC(=O)[C@H]2[C@H](c3cc(Cl)cc(Cl)c3)C2(Cl)Cl)ccc1Cl. The van der Waals surface area contributed by atoms with Crippen LogP contribution in [0.1, 0.15) is 27.4 Å². The third-order valence-corrected chi connectivity index (χ3v) is 7.16. The van der Waals surface area contributed by atoms with Gasteiger partial charge in [-0.2, -0.15) is 0 Å². The Balaban J connectivity index is 1.52. The molecule has 0 bridgehead atoms. The fourth-order valence-electron chi connectivity index (χ4n) is 3.72. The molecular weight excluding hydrogens is 526 g/mol. The van der Waals surface area contributed by atoms with E-state index in [4.69, 9.17) is 58.0 Å². The summed E-state index contributed by atoms with van der Waals surface area (Å²) in [6.07, 6.45) is 0. The van der Waals surface area contributed by atoms with Gasteiger partial charge in [0.25, 0.3) is 5.91 Å². The van der Waals surface area contributed by atoms with Crippen molar-refractivity contribution in [1.82, 2.24) is 0 Å². The van der Waals surface area contributed by atoms with Gasteiger partial charge >= 0.3 is 0 Å². The summed E-state index contributed by atoms with van der Waals surface area (Å²) in [7, 11) is 0. The fraction of sp³-hybridized carbons (Fsp3) is 0.167. The second-order valence-corrected chi connectivity index (χ2v) is 10.5. The molecule has 0 saturated heterocycles. The van der Waals surface area contributed by atoms with Gasteiger partial charge < -0.3 is 10.6 Å². The van der Waals surface area contributed by atoms with Crippen LogP contribution in [-0.4, -0.2) is 16.1 Å². The number of hydrogen-bond donors (Lipinski definition) is 2. The number of amides is 2. The first-order valence-corrected chi connectivity index (χ1v) is 11.8. The molecule has 1 fully saturated rings. The van der Waals surface area contributed by atoms with Crippen LogP contribution in [0.3, 0.4) is 0 Å². The summed E-state index contributed by atoms with van der Waals surface area (Å²) in [5.74, 6) is -2.00. The first-order chi connectivity index (χ1) is 15.6. The Labute approximate surface area is 216 Å². The van der Waals surface area contributed by atoms with Gasteiger partial charge in [0.2, 0.25) is 5.91 Å². The molecule has 3 aromatic carbocycles. The predicted molar refractivity (Wildman–Crippen MR) is 136 cm³/mol. The molecule has 4 nitrogen and oxygen atoms in total. The Morgan fingerprint density at radius 2 is 1.55 bits per heavy atom. The van der Waals surface area contributed by atoms with E-state index in [2.05, 4.69) is 10.6 Å². The van der Waals surface area contributed by atoms with Crippen LogP contribution in [0.2, 0.25) is 15.1 Å². The lowest BCUT2D eigenvalue weighted by Crippen LogP contribution is -2.18. The molecule has 0 aromatic heterocycles. The maximum absolute atomic E-state index is 13.0. The first kappa shape index (κ1) is 24.2. The van der Waals surface area contributed by atoms with E-state index in [-0.39, 0.29) is 10.6 Å². The lowest BCUT2D eigenvalue weighted by molar-refractivity contribution is -0.117. The van der Waals surface area contributed by atoms with E-state index in [1.165, 1.54) is 6.07 Å². The number of hydrogen-bond acceptors (Lipinski definition) is 2. The van der Waals surface area contributed by atoms with E-state index in [1.807, 2.05) is 25.1 Å². The molecule has 2 atom stereocenters. The minimum absolute atomic E-state index is 0.217. The van der Waals surface area contributed by atoms with Crippen molar-refractivity contribution in [2.45, 2.75) is 17.2 Å². The largest absolute Gasteiger partial charge is 0.326 e. The van der Waals surface area contributed by atoms with Crippen LogP contribution in [0.4, 0.5) is 11.4 Å². The highest BCUT2D eigenvalue weighted by Crippen LogP contribution is 2.65. The van der Waals surface area contributed by atoms with Crippen LogP contribution in [0.15, 0.2) is 60.7 Å². The molecule has 0 unspecified atom stereocenters. The number of anilines is 2. The lowest BCUT2D eigenvalue weighted by atomic mass is 10.1. The van der Waals surface area contributed by atoms with E-state index in [0.717, 1.165) is 5.56 Å². The molecule has 170 valence electrons. The second-order valence-electron chi connectivity index (χ2n) is 7.79. The standard InChI is InChI=1S/C24H17Cl5N2O2/c1-12-4-2-3-5-19(12)31-22(32)17-11-16(6-7-18(17)27)30-23(33)21-20(24(21,28)29)13-8-14(25)10-15(26)9-13/h2-11,20-21H,1H3,(H,30,33)(H,31,32)/t20-,21+/m0/s1. The predicted octanol–water partition coefficient (Wildman–Crippen LogP) is 7.73. The van der Waals surface area contributed by atoms with Crippen LogP contribution in [0.5, 0.6) is 0 Å². The molecule has 1 aliphatic rings. The van der Waals surface area contributed by atoms with Crippen molar-refractivity contribution in [1.29, 1.82) is 0 Å². The number of para-hydroxylation sites is 1. The van der Waals surface area contributed by atoms with Gasteiger partial charge in [-0.25, -0.2) is 0 Å². The quantitative estimate of drug-likeness (QED) is 0.324. The summed E-state index contributed by atoms with van der Waals surface area (Å²) < 4.78 is -1.31. The Morgan fingerprint density at radius 1 is 0.879 bits per heavy atom. The topological polar surface area (TPSA) is 58.2 Å². The number of alkyl halides is 2. The van der Waals surface area contributed by atoms with Crippen molar-refractivity contribution in [2.24, 2.45) is 5.92 Å². The Morgan fingerprint density at radius 3 is 2.21 bits per heavy atom. The third kappa shape index (κ3) is 5.11. The molecule has 0 spiro atoms. The monoisotopic (exact) mass is 540 g/mol. The highest BCUT2D eigenvalue weighted by molar-refractivity contribution is 6.53. The van der Waals surface area contributed by atoms with Crippen molar-refractivity contribution >= 4 is 81.2 Å². The zero-order valence-electron chi connectivity index (χ0n) is 17.1. The molecule has 4 rings (SSSR count). The highest BCUT2D eigenvalue weighted by atomic mass is 35.5. The first-order valence-electron chi connectivity index (χ1n) is 9.89. The molecule has 1 aliphatic carbocycles. The van der Waals surface area contributed by atoms with Crippen LogP contribution in [0, 0.1) is 12.8 Å². The molecule has 2 amide bonds. The molecule has 2 N–H and O–H groups in total. The van der Waals surface area contributed by atoms with Crippen molar-refractivity contribution in [3.63, 3.8) is 0 Å². The number of carbonyl (C=O) groups is 2. The van der Waals surface area contributed by atoms with Crippen LogP contribution < -0.4 is 10.6 Å². The number of aryl methyl sites for hydroxylation is 1. The minimum Gasteiger partial charge on any atom is -0.326 e. The average molecular weight is 543 g/mol. The van der Waals surface area contributed by atoms with E-state index in [9.17, 15) is 9.59 Å². The van der Waals surface area contributed by atoms with Crippen molar-refractivity contribution in [2.75, 3.05) is 10.6 Å². The summed E-state index contributed by atoms with van der Waals surface area (Å²) in [6, 6.07) is 17.0. The van der Waals surface area contributed by atoms with Crippen molar-refractivity contribution in [3.8, 4) is 0 Å². The molecule has 1 saturated carbocycles. The highest BCUT2D eigenvalue weighted by Gasteiger charge is 2.67. The van der Waals surface area contributed by atoms with Gasteiger partial charge in [0.15, 0.2) is 0 Å². The molecule has 0 radical (unpaired) electrons. The van der Waals surface area contributed by atoms with Gasteiger partial charge in [-0.3, -0.25) is 9.59 Å². The van der Waals surface area contributed by atoms with Gasteiger partial charge in [-0.05, 0) is 60.5 Å². The third-order valence-electron chi connectivity index (χ3n) is 5.45. The normalized spacial score (nSPS) is 18.5. The van der Waals surface area contributed by atoms with E-state index < -0.39 is 28.0 Å². The molecular formula is C24H17Cl5N2O2. The van der Waals surface area contributed by atoms with Crippen LogP contribution in [0.25, 0.3) is 0 Å². The Bertz CT molecular complexity index is 1240. The molecule has 9 heteroatoms. The van der Waals surface area contributed by atoms with Gasteiger partial charge in [-0.1, -0.05) is 53.0 Å². The fourth-order valence-corrected chi connectivity index (χ4v) is 5.30. The molecule has 0 aliphatic heterocycles. The zero-order chi connectivity index (χ0) is 23.9. The maximum Gasteiger partial charge on any atom is 0.257 e. The summed E-state index contributed by atoms with van der Waals surface area (Å²) in [5.41, 5.74) is 2.86. The zero-order valence-corrected chi connectivity index (χ0v) is 20.9. The Kier molecular flexibility index (Phi) is 6.86. The van der Waals surface area contributed by atoms with Crippen LogP contribution in [-0.2, 0) is 4.79 Å². The number of halogens is 5. The van der Waals surface area contributed by atoms with Crippen molar-refractivity contribution in [3.05, 3.63) is 92.4 Å². The molecule has 0 heterocycles. The molecule has 33 heavy (non-hydrogen) atoms. The summed E-state index contributed by atoms with van der Waals surface area (Å²) >= 11 is 31.2. The van der Waals surface area contributed by atoms with E-state index in [0.29, 0.717) is 27.0 Å². The number of benzene rings is 3. The summed E-state index contributed by atoms with van der Waals surface area (Å²) in [6.45, 7) is 1.89. The van der Waals surface area contributed by atoms with E-state index in [1.54, 1.807) is 36.4 Å². The maximum atomic E-state index is 13.0. The van der Waals surface area contributed by atoms with Gasteiger partial charge in [0.05, 0.1) is 16.5 Å². The number of rotatable bonds is 5. The minimum atomic E-state index is -1.31.